The van der Waals surface area contributed by atoms with Crippen LogP contribution in [0.1, 0.15) is 79.2 Å². The zero-order chi connectivity index (χ0) is 45.9. The number of hydrogen-bond donors (Lipinski definition) is 13. The number of phenolic OH excluding ortho intramolecular Hbond substituents is 1. The first-order valence-corrected chi connectivity index (χ1v) is 19.6. The summed E-state index contributed by atoms with van der Waals surface area (Å²) in [6, 6.07) is -3.39. The second-order valence-corrected chi connectivity index (χ2v) is 15.3. The molecule has 0 aliphatic heterocycles. The Hall–Kier alpha value is -5.87. The van der Waals surface area contributed by atoms with E-state index in [0.717, 1.165) is 0 Å². The number of carbonyl (C=O) groups excluding carboxylic acids is 7. The van der Waals surface area contributed by atoms with Crippen molar-refractivity contribution in [1.29, 1.82) is 0 Å². The summed E-state index contributed by atoms with van der Waals surface area (Å²) in [5.74, 6) is -7.99. The minimum Gasteiger partial charge on any atom is -0.508 e. The number of phenols is 1. The van der Waals surface area contributed by atoms with Crippen molar-refractivity contribution >= 4 is 53.3 Å². The molecule has 1 aromatic carbocycles. The monoisotopic (exact) mass is 850 g/mol. The van der Waals surface area contributed by atoms with E-state index < -0.39 is 114 Å². The number of nitrogens with zero attached hydrogens (tertiary/aromatic N) is 1. The van der Waals surface area contributed by atoms with E-state index in [0.29, 0.717) is 12.0 Å². The van der Waals surface area contributed by atoms with Crippen molar-refractivity contribution < 1.29 is 59.4 Å². The van der Waals surface area contributed by atoms with Gasteiger partial charge in [-0.05, 0) is 69.1 Å². The molecule has 60 heavy (non-hydrogen) atoms. The summed E-state index contributed by atoms with van der Waals surface area (Å²) >= 11 is 0. The molecule has 0 radical (unpaired) electrons. The van der Waals surface area contributed by atoms with E-state index in [4.69, 9.17) is 17.2 Å². The number of carboxylic acids is 1. The van der Waals surface area contributed by atoms with Crippen LogP contribution in [0.15, 0.2) is 29.3 Å². The standard InChI is InChI=1S/C38H63N11O11/c1-18(2)16-26(34(57)44-20(5)31(40)54)47-33(56)25(13-14-28(52)53)45-36(59)29(19(3)4)48-37(60)30(21(6)50)49-35(58)27(17-22-9-11-23(51)12-10-22)46-32(55)24(39)8-7-15-43-38(41)42/h9-12,18-21,24-27,29-30,50-51H,7-8,13-17,39H2,1-6H3,(H2,40,54)(H,44,57)(H,45,59)(H,46,55)(H,47,56)(H,48,60)(H,49,58)(H,52,53)(H4,41,42,43)/p+1. The molecule has 0 aromatic heterocycles. The fraction of sp³-hybridized carbons (Fsp3) is 0.605. The minimum absolute atomic E-state index is 0.0495. The van der Waals surface area contributed by atoms with Crippen molar-refractivity contribution in [1.82, 2.24) is 31.9 Å². The Bertz CT molecular complexity index is 1670. The van der Waals surface area contributed by atoms with Crippen LogP contribution in [0.5, 0.6) is 5.75 Å². The molecule has 0 bridgehead atoms. The molecule has 18 N–H and O–H groups in total. The fourth-order valence-corrected chi connectivity index (χ4v) is 5.61. The summed E-state index contributed by atoms with van der Waals surface area (Å²) in [6.45, 7) is 9.52. The molecule has 336 valence electrons. The number of benzene rings is 1. The highest BCUT2D eigenvalue weighted by Gasteiger charge is 2.36. The Labute approximate surface area is 348 Å². The number of rotatable bonds is 26. The Morgan fingerprint density at radius 3 is 1.73 bits per heavy atom. The van der Waals surface area contributed by atoms with E-state index in [1.54, 1.807) is 27.7 Å². The summed E-state index contributed by atoms with van der Waals surface area (Å²) in [7, 11) is 0. The summed E-state index contributed by atoms with van der Waals surface area (Å²) in [5, 5.41) is 44.7. The number of quaternary nitrogens is 1. The molecule has 22 nitrogen and oxygen atoms in total. The summed E-state index contributed by atoms with van der Waals surface area (Å²) < 4.78 is 0. The van der Waals surface area contributed by atoms with Crippen LogP contribution < -0.4 is 54.8 Å². The maximum atomic E-state index is 13.8. The number of aliphatic imine (C=N–C) groups is 1. The third-order valence-electron chi connectivity index (χ3n) is 9.08. The maximum absolute atomic E-state index is 13.8. The van der Waals surface area contributed by atoms with Gasteiger partial charge in [-0.15, -0.1) is 0 Å². The SMILES string of the molecule is CC(C)CC(NC(=O)C(CCC(=O)O)NC(=O)C(NC(=O)C(NC(=O)C(Cc1ccc(O)cc1)NC(=O)C(N)CCCN=C(N)N)C(C)O)C(C)C)C(=O)NC(C)C([NH3+])=O. The van der Waals surface area contributed by atoms with Gasteiger partial charge in [-0.2, -0.15) is 0 Å². The maximum Gasteiger partial charge on any atom is 0.330 e. The number of nitrogens with two attached hydrogens (primary N) is 3. The summed E-state index contributed by atoms with van der Waals surface area (Å²) in [4.78, 5) is 108. The van der Waals surface area contributed by atoms with Gasteiger partial charge in [0, 0.05) is 19.4 Å². The smallest absolute Gasteiger partial charge is 0.330 e. The lowest BCUT2D eigenvalue weighted by atomic mass is 9.99. The predicted octanol–water partition coefficient (Wildman–Crippen LogP) is -4.04. The number of aliphatic carboxylic acids is 1. The topological polar surface area (TPSA) is 387 Å². The second kappa shape index (κ2) is 25.6. The lowest BCUT2D eigenvalue weighted by molar-refractivity contribution is -0.307. The molecule has 7 amide bonds. The normalized spacial score (nSPS) is 15.1. The van der Waals surface area contributed by atoms with Crippen LogP contribution in [0.4, 0.5) is 0 Å². The first kappa shape index (κ1) is 52.1. The lowest BCUT2D eigenvalue weighted by Gasteiger charge is -2.29. The van der Waals surface area contributed by atoms with Crippen LogP contribution in [0.2, 0.25) is 0 Å². The van der Waals surface area contributed by atoms with Crippen LogP contribution in [0.3, 0.4) is 0 Å². The van der Waals surface area contributed by atoms with Gasteiger partial charge in [-0.3, -0.25) is 44.3 Å². The molecule has 0 saturated heterocycles. The molecule has 1 aromatic rings. The van der Waals surface area contributed by atoms with Crippen LogP contribution in [-0.4, -0.2) is 124 Å². The molecule has 0 saturated carbocycles. The highest BCUT2D eigenvalue weighted by molar-refractivity contribution is 5.97. The summed E-state index contributed by atoms with van der Waals surface area (Å²) in [6.07, 6.45) is -2.03. The number of aromatic hydroxyl groups is 1. The van der Waals surface area contributed by atoms with Gasteiger partial charge in [-0.1, -0.05) is 39.8 Å². The summed E-state index contributed by atoms with van der Waals surface area (Å²) in [5.41, 5.74) is 20.5. The van der Waals surface area contributed by atoms with Crippen molar-refractivity contribution in [2.75, 3.05) is 6.54 Å². The van der Waals surface area contributed by atoms with E-state index in [1.807, 2.05) is 0 Å². The van der Waals surface area contributed by atoms with Gasteiger partial charge < -0.3 is 64.4 Å². The molecule has 22 heteroatoms. The molecular formula is C38H64N11O11+. The number of amides is 7. The van der Waals surface area contributed by atoms with E-state index in [-0.39, 0.29) is 43.4 Å². The van der Waals surface area contributed by atoms with E-state index in [9.17, 15) is 53.7 Å². The van der Waals surface area contributed by atoms with Gasteiger partial charge in [0.25, 0.3) is 0 Å². The number of hydrogen-bond acceptors (Lipinski definition) is 12. The minimum atomic E-state index is -1.69. The highest BCUT2D eigenvalue weighted by Crippen LogP contribution is 2.13. The number of aliphatic hydroxyl groups is 1. The fourth-order valence-electron chi connectivity index (χ4n) is 5.61. The quantitative estimate of drug-likeness (QED) is 0.0240. The average Bonchev–Trinajstić information content (AvgIpc) is 3.15. The van der Waals surface area contributed by atoms with Crippen LogP contribution in [0.25, 0.3) is 0 Å². The van der Waals surface area contributed by atoms with Crippen LogP contribution >= 0.6 is 0 Å². The number of carbonyl (C=O) groups is 8. The lowest BCUT2D eigenvalue weighted by Crippen LogP contribution is -2.66. The molecule has 8 unspecified atom stereocenters. The largest absolute Gasteiger partial charge is 0.508 e. The van der Waals surface area contributed by atoms with Gasteiger partial charge >= 0.3 is 11.9 Å². The van der Waals surface area contributed by atoms with E-state index in [2.05, 4.69) is 42.6 Å². The van der Waals surface area contributed by atoms with Crippen molar-refractivity contribution in [2.45, 2.75) is 128 Å². The van der Waals surface area contributed by atoms with Crippen molar-refractivity contribution in [3.05, 3.63) is 29.8 Å². The molecule has 1 rings (SSSR count). The van der Waals surface area contributed by atoms with Crippen LogP contribution in [-0.2, 0) is 44.8 Å². The first-order valence-electron chi connectivity index (χ1n) is 19.6. The van der Waals surface area contributed by atoms with Crippen molar-refractivity contribution in [3.63, 3.8) is 0 Å². The predicted molar refractivity (Wildman–Crippen MR) is 218 cm³/mol. The average molecular weight is 851 g/mol. The number of nitrogens with one attached hydrogen (secondary N) is 6. The molecule has 0 spiro atoms. The molecule has 0 aliphatic carbocycles. The molecular weight excluding hydrogens is 786 g/mol. The Balaban J connectivity index is 3.31. The molecule has 0 aliphatic rings. The number of aliphatic hydroxyl groups excluding tert-OH is 1. The van der Waals surface area contributed by atoms with Crippen molar-refractivity contribution in [3.8, 4) is 5.75 Å². The Morgan fingerprint density at radius 2 is 1.22 bits per heavy atom. The second-order valence-electron chi connectivity index (χ2n) is 15.3. The molecule has 0 heterocycles. The van der Waals surface area contributed by atoms with E-state index >= 15 is 0 Å². The van der Waals surface area contributed by atoms with Crippen LogP contribution in [0, 0.1) is 11.8 Å². The molecule has 0 fully saturated rings. The highest BCUT2D eigenvalue weighted by atomic mass is 16.4. The van der Waals surface area contributed by atoms with Gasteiger partial charge in [0.15, 0.2) is 5.96 Å². The molecule has 8 atom stereocenters. The van der Waals surface area contributed by atoms with Gasteiger partial charge in [0.2, 0.25) is 35.4 Å². The number of guanidine groups is 1. The number of carboxylic acid groups (broad SMARTS) is 1. The third kappa shape index (κ3) is 19.3. The van der Waals surface area contributed by atoms with Gasteiger partial charge in [0.05, 0.1) is 12.1 Å². The first-order chi connectivity index (χ1) is 27.9. The van der Waals surface area contributed by atoms with Crippen molar-refractivity contribution in [2.24, 2.45) is 34.0 Å². The zero-order valence-electron chi connectivity index (χ0n) is 35.0. The van der Waals surface area contributed by atoms with Gasteiger partial charge in [-0.25, -0.2) is 4.79 Å². The zero-order valence-corrected chi connectivity index (χ0v) is 35.0. The Morgan fingerprint density at radius 1 is 0.700 bits per heavy atom. The van der Waals surface area contributed by atoms with Gasteiger partial charge in [0.1, 0.15) is 42.0 Å². The Kier molecular flexibility index (Phi) is 22.2. The van der Waals surface area contributed by atoms with E-state index in [1.165, 1.54) is 38.1 Å². The third-order valence-corrected chi connectivity index (χ3v) is 9.08.